The number of nitrogens with zero attached hydrogens (tertiary/aromatic N) is 2. The van der Waals surface area contributed by atoms with Gasteiger partial charge >= 0.3 is 0 Å². The number of anilines is 1. The maximum atomic E-state index is 13.2. The Morgan fingerprint density at radius 2 is 1.82 bits per heavy atom. The van der Waals surface area contributed by atoms with E-state index < -0.39 is 35.1 Å². The highest BCUT2D eigenvalue weighted by atomic mass is 16.2. The van der Waals surface area contributed by atoms with Gasteiger partial charge in [-0.05, 0) is 75.6 Å². The number of amides is 4. The van der Waals surface area contributed by atoms with Crippen molar-refractivity contribution >= 4 is 35.1 Å². The lowest BCUT2D eigenvalue weighted by Crippen LogP contribution is -2.47. The average molecular weight is 551 g/mol. The molecule has 40 heavy (non-hydrogen) atoms. The maximum absolute atomic E-state index is 13.2. The minimum atomic E-state index is -1.23. The molecule has 12 heteroatoms. The molecule has 2 fully saturated rings. The Bertz CT molecular complexity index is 1330. The van der Waals surface area contributed by atoms with Crippen LogP contribution in [0.25, 0.3) is 0 Å². The van der Waals surface area contributed by atoms with E-state index in [4.69, 9.17) is 0 Å². The van der Waals surface area contributed by atoms with Crippen molar-refractivity contribution in [1.29, 1.82) is 0 Å². The van der Waals surface area contributed by atoms with Crippen molar-refractivity contribution in [2.45, 2.75) is 70.0 Å². The van der Waals surface area contributed by atoms with Crippen LogP contribution in [0.1, 0.15) is 62.2 Å². The molecular weight excluding hydrogens is 516 g/mol. The first kappa shape index (κ1) is 28.7. The summed E-state index contributed by atoms with van der Waals surface area (Å²) in [5.41, 5.74) is -0.607. The number of Topliss-reactive ketones (excluding diaryl/α,β-unsaturated/α-hetero) is 1. The van der Waals surface area contributed by atoms with E-state index in [2.05, 4.69) is 26.3 Å². The molecule has 212 valence electrons. The molecule has 0 radical (unpaired) electrons. The quantitative estimate of drug-likeness (QED) is 0.285. The topological polar surface area (TPSA) is 168 Å². The lowest BCUT2D eigenvalue weighted by atomic mass is 9.94. The molecule has 0 unspecified atom stereocenters. The minimum Gasteiger partial charge on any atom is -0.350 e. The SMILES string of the molecule is CCNC(=O)C(=O)CC[C@H](NC(=O)c1ccncc1)C(=O)Nc1cccn(CC(=O)NC23CCC(CC2)C3)c1=O. The number of nitrogens with one attached hydrogen (secondary N) is 4. The van der Waals surface area contributed by atoms with Gasteiger partial charge in [0.15, 0.2) is 0 Å². The second-order valence-electron chi connectivity index (χ2n) is 10.4. The Balaban J connectivity index is 1.44. The van der Waals surface area contributed by atoms with Crippen LogP contribution in [0.3, 0.4) is 0 Å². The van der Waals surface area contributed by atoms with E-state index in [1.165, 1.54) is 47.4 Å². The fourth-order valence-corrected chi connectivity index (χ4v) is 5.50. The first-order valence-corrected chi connectivity index (χ1v) is 13.5. The predicted molar refractivity (Wildman–Crippen MR) is 145 cm³/mol. The van der Waals surface area contributed by atoms with Crippen LogP contribution in [0.15, 0.2) is 47.7 Å². The van der Waals surface area contributed by atoms with E-state index in [9.17, 15) is 28.8 Å². The second-order valence-corrected chi connectivity index (χ2v) is 10.4. The van der Waals surface area contributed by atoms with Gasteiger partial charge in [-0.25, -0.2) is 0 Å². The lowest BCUT2D eigenvalue weighted by Gasteiger charge is -2.28. The fourth-order valence-electron chi connectivity index (χ4n) is 5.50. The van der Waals surface area contributed by atoms with Crippen LogP contribution in [0.4, 0.5) is 5.69 Å². The van der Waals surface area contributed by atoms with E-state index in [1.54, 1.807) is 6.92 Å². The van der Waals surface area contributed by atoms with E-state index in [0.717, 1.165) is 32.1 Å². The van der Waals surface area contributed by atoms with Gasteiger partial charge in [0.25, 0.3) is 17.4 Å². The van der Waals surface area contributed by atoms with Gasteiger partial charge < -0.3 is 25.8 Å². The number of fused-ring (bicyclic) bond motifs is 2. The molecule has 2 saturated carbocycles. The molecule has 2 bridgehead atoms. The van der Waals surface area contributed by atoms with Gasteiger partial charge in [0.05, 0.1) is 0 Å². The zero-order chi connectivity index (χ0) is 28.7. The van der Waals surface area contributed by atoms with E-state index in [-0.39, 0.29) is 48.6 Å². The zero-order valence-corrected chi connectivity index (χ0v) is 22.4. The molecule has 12 nitrogen and oxygen atoms in total. The summed E-state index contributed by atoms with van der Waals surface area (Å²) in [4.78, 5) is 79.7. The minimum absolute atomic E-state index is 0.0847. The molecule has 2 aromatic rings. The summed E-state index contributed by atoms with van der Waals surface area (Å²) < 4.78 is 1.21. The molecule has 0 saturated heterocycles. The van der Waals surface area contributed by atoms with Crippen LogP contribution >= 0.6 is 0 Å². The molecule has 0 aromatic carbocycles. The van der Waals surface area contributed by atoms with Crippen molar-refractivity contribution in [3.05, 3.63) is 58.8 Å². The van der Waals surface area contributed by atoms with Crippen molar-refractivity contribution in [1.82, 2.24) is 25.5 Å². The summed E-state index contributed by atoms with van der Waals surface area (Å²) in [7, 11) is 0. The Kier molecular flexibility index (Phi) is 9.08. The summed E-state index contributed by atoms with van der Waals surface area (Å²) in [5.74, 6) is -2.45. The number of likely N-dealkylation sites (N-methyl/N-ethyl adjacent to an activating group) is 1. The van der Waals surface area contributed by atoms with Crippen LogP contribution in [0.5, 0.6) is 0 Å². The molecule has 2 aliphatic carbocycles. The molecule has 4 rings (SSSR count). The molecule has 0 aliphatic heterocycles. The third-order valence-corrected chi connectivity index (χ3v) is 7.55. The first-order chi connectivity index (χ1) is 19.2. The molecule has 2 aromatic heterocycles. The normalized spacial score (nSPS) is 19.9. The molecule has 1 atom stereocenters. The fraction of sp³-hybridized carbons (Fsp3) is 0.464. The molecule has 4 N–H and O–H groups in total. The van der Waals surface area contributed by atoms with Crippen molar-refractivity contribution in [2.75, 3.05) is 11.9 Å². The van der Waals surface area contributed by atoms with Crippen LogP contribution in [-0.2, 0) is 25.7 Å². The van der Waals surface area contributed by atoms with Gasteiger partial charge in [-0.2, -0.15) is 0 Å². The first-order valence-electron chi connectivity index (χ1n) is 13.5. The van der Waals surface area contributed by atoms with Gasteiger partial charge in [-0.1, -0.05) is 0 Å². The highest BCUT2D eigenvalue weighted by molar-refractivity contribution is 6.36. The number of aromatic nitrogens is 2. The summed E-state index contributed by atoms with van der Waals surface area (Å²) in [6.45, 7) is 1.75. The summed E-state index contributed by atoms with van der Waals surface area (Å²) >= 11 is 0. The van der Waals surface area contributed by atoms with Crippen LogP contribution < -0.4 is 26.8 Å². The van der Waals surface area contributed by atoms with Gasteiger partial charge in [0.2, 0.25) is 17.6 Å². The van der Waals surface area contributed by atoms with Gasteiger partial charge in [0.1, 0.15) is 18.3 Å². The molecular formula is C28H34N6O6. The number of carbonyl (C=O) groups excluding carboxylic acids is 5. The molecule has 4 amide bonds. The predicted octanol–water partition coefficient (Wildman–Crippen LogP) is 0.915. The van der Waals surface area contributed by atoms with Crippen molar-refractivity contribution in [2.24, 2.45) is 5.92 Å². The van der Waals surface area contributed by atoms with Gasteiger partial charge in [-0.15, -0.1) is 0 Å². The van der Waals surface area contributed by atoms with Crippen molar-refractivity contribution < 1.29 is 24.0 Å². The van der Waals surface area contributed by atoms with Crippen LogP contribution in [0, 0.1) is 5.92 Å². The molecule has 2 heterocycles. The Morgan fingerprint density at radius 3 is 2.48 bits per heavy atom. The van der Waals surface area contributed by atoms with E-state index in [0.29, 0.717) is 5.92 Å². The maximum Gasteiger partial charge on any atom is 0.287 e. The number of ketones is 1. The summed E-state index contributed by atoms with van der Waals surface area (Å²) in [6, 6.07) is 4.62. The number of pyridine rings is 2. The van der Waals surface area contributed by atoms with E-state index >= 15 is 0 Å². The van der Waals surface area contributed by atoms with Crippen LogP contribution in [-0.4, -0.2) is 57.1 Å². The Morgan fingerprint density at radius 1 is 1.10 bits per heavy atom. The Labute approximate surface area is 231 Å². The number of hydrogen-bond donors (Lipinski definition) is 4. The third kappa shape index (κ3) is 6.99. The number of rotatable bonds is 12. The molecule has 0 spiro atoms. The monoisotopic (exact) mass is 550 g/mol. The third-order valence-electron chi connectivity index (χ3n) is 7.55. The van der Waals surface area contributed by atoms with E-state index in [1.807, 2.05) is 0 Å². The zero-order valence-electron chi connectivity index (χ0n) is 22.4. The van der Waals surface area contributed by atoms with Crippen molar-refractivity contribution in [3.8, 4) is 0 Å². The van der Waals surface area contributed by atoms with Crippen molar-refractivity contribution in [3.63, 3.8) is 0 Å². The Hall–Kier alpha value is -4.35. The number of carbonyl (C=O) groups is 5. The highest BCUT2D eigenvalue weighted by Crippen LogP contribution is 2.47. The smallest absolute Gasteiger partial charge is 0.287 e. The highest BCUT2D eigenvalue weighted by Gasteiger charge is 2.45. The summed E-state index contributed by atoms with van der Waals surface area (Å²) in [5, 5.41) is 10.6. The van der Waals surface area contributed by atoms with Gasteiger partial charge in [0, 0.05) is 42.7 Å². The summed E-state index contributed by atoms with van der Waals surface area (Å²) in [6.07, 6.45) is 8.91. The standard InChI is InChI=1S/C28H34N6O6/c1-2-30-26(39)22(35)6-5-20(31-24(37)19-9-13-29-14-10-19)25(38)32-21-4-3-15-34(27(21)40)17-23(36)33-28-11-7-18(16-28)8-12-28/h3-4,9-10,13-15,18,20H,2,5-8,11-12,16-17H2,1H3,(H,30,39)(H,31,37)(H,32,38)(H,33,36)/t18?,20-,28?/m0/s1. The van der Waals surface area contributed by atoms with Gasteiger partial charge in [-0.3, -0.25) is 33.8 Å². The lowest BCUT2D eigenvalue weighted by molar-refractivity contribution is -0.138. The number of hydrogen-bond acceptors (Lipinski definition) is 7. The average Bonchev–Trinajstić information content (AvgIpc) is 3.54. The largest absolute Gasteiger partial charge is 0.350 e. The molecule has 2 aliphatic rings. The second kappa shape index (κ2) is 12.7. The van der Waals surface area contributed by atoms with Crippen LogP contribution in [0.2, 0.25) is 0 Å².